The summed E-state index contributed by atoms with van der Waals surface area (Å²) in [6.45, 7) is 7.52. The second-order valence-corrected chi connectivity index (χ2v) is 10.4. The molecule has 0 aliphatic carbocycles. The van der Waals surface area contributed by atoms with E-state index < -0.39 is 0 Å². The summed E-state index contributed by atoms with van der Waals surface area (Å²) in [7, 11) is 0. The van der Waals surface area contributed by atoms with E-state index >= 15 is 0 Å². The second-order valence-electron chi connectivity index (χ2n) is 10.4. The van der Waals surface area contributed by atoms with Crippen LogP contribution in [0.1, 0.15) is 62.9 Å². The van der Waals surface area contributed by atoms with Crippen molar-refractivity contribution in [2.75, 3.05) is 29.9 Å². The number of pyridine rings is 2. The first-order valence-electron chi connectivity index (χ1n) is 12.8. The van der Waals surface area contributed by atoms with E-state index in [4.69, 9.17) is 0 Å². The first-order valence-corrected chi connectivity index (χ1v) is 12.8. The molecule has 0 bridgehead atoms. The molecule has 0 radical (unpaired) electrons. The van der Waals surface area contributed by atoms with Crippen molar-refractivity contribution in [3.05, 3.63) is 48.0 Å². The maximum atomic E-state index is 4.67. The molecule has 6 rings (SSSR count). The van der Waals surface area contributed by atoms with Crippen molar-refractivity contribution < 1.29 is 0 Å². The van der Waals surface area contributed by atoms with Gasteiger partial charge < -0.3 is 20.5 Å². The summed E-state index contributed by atoms with van der Waals surface area (Å²) >= 11 is 0. The zero-order chi connectivity index (χ0) is 23.1. The zero-order valence-corrected chi connectivity index (χ0v) is 20.1. The lowest BCUT2D eigenvalue weighted by atomic mass is 9.81. The average molecular weight is 461 g/mol. The van der Waals surface area contributed by atoms with Crippen LogP contribution in [0.4, 0.5) is 11.4 Å². The molecule has 3 aromatic heterocycles. The van der Waals surface area contributed by atoms with Crippen LogP contribution in [0.2, 0.25) is 0 Å². The topological polar surface area (TPSA) is 92.9 Å². The Morgan fingerprint density at radius 3 is 2.82 bits per heavy atom. The molecule has 180 valence electrons. The van der Waals surface area contributed by atoms with Crippen molar-refractivity contribution in [1.82, 2.24) is 31.1 Å². The molecule has 3 saturated heterocycles. The van der Waals surface area contributed by atoms with Crippen molar-refractivity contribution in [1.29, 1.82) is 0 Å². The number of nitrogens with one attached hydrogen (secondary N) is 5. The number of nitrogens with zero attached hydrogens (tertiary/aromatic N) is 3. The molecule has 34 heavy (non-hydrogen) atoms. The molecule has 0 saturated carbocycles. The highest BCUT2D eigenvalue weighted by Gasteiger charge is 2.42. The van der Waals surface area contributed by atoms with E-state index in [1.807, 2.05) is 18.6 Å². The van der Waals surface area contributed by atoms with Gasteiger partial charge in [-0.25, -0.2) is 10.4 Å². The number of H-pyrrole nitrogens is 1. The van der Waals surface area contributed by atoms with Gasteiger partial charge in [0, 0.05) is 79.0 Å². The predicted molar refractivity (Wildman–Crippen MR) is 137 cm³/mol. The van der Waals surface area contributed by atoms with Crippen LogP contribution in [0.5, 0.6) is 0 Å². The summed E-state index contributed by atoms with van der Waals surface area (Å²) in [4.78, 5) is 15.4. The van der Waals surface area contributed by atoms with E-state index in [1.165, 1.54) is 41.6 Å². The Hall–Kier alpha value is -2.68. The molecule has 3 aliphatic heterocycles. The number of hydrogen-bond donors (Lipinski definition) is 5. The van der Waals surface area contributed by atoms with Crippen LogP contribution >= 0.6 is 0 Å². The van der Waals surface area contributed by atoms with Crippen LogP contribution in [-0.2, 0) is 0 Å². The molecule has 5 N–H and O–H groups in total. The maximum absolute atomic E-state index is 4.67. The van der Waals surface area contributed by atoms with Gasteiger partial charge in [-0.15, -0.1) is 0 Å². The minimum absolute atomic E-state index is 0.225. The molecule has 6 heterocycles. The zero-order valence-electron chi connectivity index (χ0n) is 20.1. The second kappa shape index (κ2) is 9.17. The standard InChI is InChI=1S/C26H36N8/c1-16(2)30-18-10-17(13-27-14-18)21-11-19-23(15-29-21)32-33-25(19)22-12-20-24(6-7-28-26(20)31-22)34-8-4-3-5-9-34/h6-7,10,12-14,16,19,21,23,25,29-30,32-33H,3-5,8-9,11,15H2,1-2H3,(H,28,31). The molecule has 3 aromatic rings. The van der Waals surface area contributed by atoms with E-state index in [9.17, 15) is 0 Å². The molecule has 3 aliphatic rings. The molecule has 4 atom stereocenters. The van der Waals surface area contributed by atoms with Gasteiger partial charge in [-0.2, -0.15) is 0 Å². The molecular formula is C26H36N8. The molecule has 4 unspecified atom stereocenters. The summed E-state index contributed by atoms with van der Waals surface area (Å²) in [5.41, 5.74) is 13.0. The van der Waals surface area contributed by atoms with Gasteiger partial charge in [-0.1, -0.05) is 0 Å². The fraction of sp³-hybridized carbons (Fsp3) is 0.538. The summed E-state index contributed by atoms with van der Waals surface area (Å²) in [6, 6.07) is 8.06. The Morgan fingerprint density at radius 1 is 1.09 bits per heavy atom. The van der Waals surface area contributed by atoms with E-state index in [0.29, 0.717) is 24.0 Å². The lowest BCUT2D eigenvalue weighted by Crippen LogP contribution is -2.46. The normalized spacial score (nSPS) is 27.3. The van der Waals surface area contributed by atoms with Gasteiger partial charge in [-0.05, 0) is 63.3 Å². The number of piperidine rings is 2. The van der Waals surface area contributed by atoms with Crippen molar-refractivity contribution in [3.8, 4) is 0 Å². The maximum Gasteiger partial charge on any atom is 0.139 e. The van der Waals surface area contributed by atoms with Gasteiger partial charge >= 0.3 is 0 Å². The highest BCUT2D eigenvalue weighted by atomic mass is 15.4. The summed E-state index contributed by atoms with van der Waals surface area (Å²) in [6.07, 6.45) is 10.8. The first-order chi connectivity index (χ1) is 16.7. The van der Waals surface area contributed by atoms with E-state index in [-0.39, 0.29) is 6.04 Å². The third-order valence-electron chi connectivity index (χ3n) is 7.64. The number of hydrogen-bond acceptors (Lipinski definition) is 7. The molecule has 8 nitrogen and oxygen atoms in total. The monoisotopic (exact) mass is 460 g/mol. The number of hydrazine groups is 1. The van der Waals surface area contributed by atoms with Gasteiger partial charge in [0.2, 0.25) is 0 Å². The third kappa shape index (κ3) is 4.15. The van der Waals surface area contributed by atoms with Crippen molar-refractivity contribution in [2.24, 2.45) is 5.92 Å². The SMILES string of the molecule is CC(C)Nc1cncc(C2CC3C(CN2)NNC3c2cc3c(N4CCCCC4)ccnc3[nH]2)c1. The van der Waals surface area contributed by atoms with Gasteiger partial charge in [-0.3, -0.25) is 10.4 Å². The number of fused-ring (bicyclic) bond motifs is 2. The van der Waals surface area contributed by atoms with Crippen LogP contribution in [0.15, 0.2) is 36.8 Å². The fourth-order valence-corrected chi connectivity index (χ4v) is 6.00. The summed E-state index contributed by atoms with van der Waals surface area (Å²) in [5.74, 6) is 0.472. The predicted octanol–water partition coefficient (Wildman–Crippen LogP) is 3.64. The number of rotatable bonds is 5. The van der Waals surface area contributed by atoms with E-state index in [0.717, 1.165) is 37.4 Å². The minimum Gasteiger partial charge on any atom is -0.382 e. The molecule has 0 amide bonds. The van der Waals surface area contributed by atoms with Crippen LogP contribution in [-0.4, -0.2) is 46.7 Å². The fourth-order valence-electron chi connectivity index (χ4n) is 6.00. The van der Waals surface area contributed by atoms with Crippen molar-refractivity contribution in [3.63, 3.8) is 0 Å². The molecule has 8 heteroatoms. The molecule has 0 spiro atoms. The summed E-state index contributed by atoms with van der Waals surface area (Å²) in [5, 5.41) is 8.46. The Labute approximate surface area is 201 Å². The smallest absolute Gasteiger partial charge is 0.139 e. The highest BCUT2D eigenvalue weighted by Crippen LogP contribution is 2.40. The largest absolute Gasteiger partial charge is 0.382 e. The lowest BCUT2D eigenvalue weighted by Gasteiger charge is -2.34. The van der Waals surface area contributed by atoms with Crippen LogP contribution in [0.25, 0.3) is 11.0 Å². The Bertz CT molecular complexity index is 1130. The number of aromatic amines is 1. The third-order valence-corrected chi connectivity index (χ3v) is 7.64. The van der Waals surface area contributed by atoms with Crippen molar-refractivity contribution >= 4 is 22.4 Å². The first kappa shape index (κ1) is 21.8. The van der Waals surface area contributed by atoms with Gasteiger partial charge in [0.25, 0.3) is 0 Å². The molecule has 0 aromatic carbocycles. The molecular weight excluding hydrogens is 424 g/mol. The quantitative estimate of drug-likeness (QED) is 0.397. The van der Waals surface area contributed by atoms with Gasteiger partial charge in [0.05, 0.1) is 11.7 Å². The number of aromatic nitrogens is 3. The highest BCUT2D eigenvalue weighted by molar-refractivity contribution is 5.90. The Kier molecular flexibility index (Phi) is 5.89. The van der Waals surface area contributed by atoms with Gasteiger partial charge in [0.15, 0.2) is 0 Å². The number of anilines is 2. The summed E-state index contributed by atoms with van der Waals surface area (Å²) < 4.78 is 0. The van der Waals surface area contributed by atoms with E-state index in [2.05, 4.69) is 73.4 Å². The minimum atomic E-state index is 0.225. The van der Waals surface area contributed by atoms with Crippen LogP contribution < -0.4 is 26.4 Å². The molecule has 3 fully saturated rings. The lowest BCUT2D eigenvalue weighted by molar-refractivity contribution is 0.265. The Morgan fingerprint density at radius 2 is 1.97 bits per heavy atom. The van der Waals surface area contributed by atoms with Crippen LogP contribution in [0, 0.1) is 5.92 Å². The van der Waals surface area contributed by atoms with Gasteiger partial charge in [0.1, 0.15) is 5.65 Å². The Balaban J connectivity index is 1.25. The van der Waals surface area contributed by atoms with Crippen LogP contribution in [0.3, 0.4) is 0 Å². The van der Waals surface area contributed by atoms with Crippen molar-refractivity contribution in [2.45, 2.75) is 63.7 Å². The van der Waals surface area contributed by atoms with E-state index in [1.54, 1.807) is 0 Å². The average Bonchev–Trinajstić information content (AvgIpc) is 3.48.